The zero-order valence-corrected chi connectivity index (χ0v) is 26.1. The lowest BCUT2D eigenvalue weighted by atomic mass is 10.1. The summed E-state index contributed by atoms with van der Waals surface area (Å²) >= 11 is 0. The average Bonchev–Trinajstić information content (AvgIpc) is 3.33. The Morgan fingerprint density at radius 1 is 0.932 bits per heavy atom. The monoisotopic (exact) mass is 615 g/mol. The standard InChI is InChI=1S/C31H33N7O5S/c1-36(27-16-17-32-30(34-27)37(2)21-10-13-23(14-11-21)44(6,40)41)22-12-15-25-24(19-22)33-31(38(25)3)35-28(39)18-20-8-7-9-26(42-4)29(20)43-5/h7-17,19H,18H2,1-6H3,(H,33,35,39). The number of rotatable bonds is 10. The fourth-order valence-electron chi connectivity index (χ4n) is 4.80. The van der Waals surface area contributed by atoms with Crippen molar-refractivity contribution in [3.8, 4) is 11.5 Å². The highest BCUT2D eigenvalue weighted by Gasteiger charge is 2.18. The average molecular weight is 616 g/mol. The normalized spacial score (nSPS) is 11.3. The number of carbonyl (C=O) groups excluding carboxylic acids is 1. The molecule has 0 aliphatic carbocycles. The van der Waals surface area contributed by atoms with Crippen LogP contribution in [0.3, 0.4) is 0 Å². The highest BCUT2D eigenvalue weighted by molar-refractivity contribution is 7.90. The molecule has 1 N–H and O–H groups in total. The van der Waals surface area contributed by atoms with E-state index in [2.05, 4.69) is 15.3 Å². The van der Waals surface area contributed by atoms with E-state index in [0.717, 1.165) is 16.9 Å². The Morgan fingerprint density at radius 3 is 2.34 bits per heavy atom. The van der Waals surface area contributed by atoms with Gasteiger partial charge in [0.25, 0.3) is 0 Å². The molecule has 228 valence electrons. The number of methoxy groups -OCH3 is 2. The summed E-state index contributed by atoms with van der Waals surface area (Å²) in [6.07, 6.45) is 2.93. The highest BCUT2D eigenvalue weighted by atomic mass is 32.2. The van der Waals surface area contributed by atoms with Crippen LogP contribution in [0, 0.1) is 0 Å². The number of anilines is 5. The maximum atomic E-state index is 13.0. The summed E-state index contributed by atoms with van der Waals surface area (Å²) in [5.74, 6) is 2.34. The van der Waals surface area contributed by atoms with Crippen LogP contribution in [0.4, 0.5) is 29.1 Å². The van der Waals surface area contributed by atoms with E-state index < -0.39 is 9.84 Å². The van der Waals surface area contributed by atoms with Crippen LogP contribution in [-0.2, 0) is 28.1 Å². The molecule has 2 aromatic heterocycles. The largest absolute Gasteiger partial charge is 0.493 e. The number of aromatic nitrogens is 4. The van der Waals surface area contributed by atoms with Crippen molar-refractivity contribution in [2.24, 2.45) is 7.05 Å². The number of para-hydroxylation sites is 1. The van der Waals surface area contributed by atoms with Crippen LogP contribution < -0.4 is 24.6 Å². The smallest absolute Gasteiger partial charge is 0.231 e. The molecule has 12 nitrogen and oxygen atoms in total. The molecular formula is C31H33N7O5S. The Bertz CT molecular complexity index is 1940. The number of benzene rings is 3. The predicted octanol–water partition coefficient (Wildman–Crippen LogP) is 4.50. The molecule has 5 rings (SSSR count). The van der Waals surface area contributed by atoms with Crippen molar-refractivity contribution in [1.29, 1.82) is 0 Å². The van der Waals surface area contributed by atoms with E-state index in [0.29, 0.717) is 40.3 Å². The number of ether oxygens (including phenoxy) is 2. The van der Waals surface area contributed by atoms with Crippen molar-refractivity contribution >= 4 is 55.9 Å². The lowest BCUT2D eigenvalue weighted by Crippen LogP contribution is -2.17. The minimum atomic E-state index is -3.29. The van der Waals surface area contributed by atoms with Crippen LogP contribution in [0.2, 0.25) is 0 Å². The molecule has 13 heteroatoms. The number of aryl methyl sites for hydroxylation is 1. The summed E-state index contributed by atoms with van der Waals surface area (Å²) < 4.78 is 36.3. The molecule has 44 heavy (non-hydrogen) atoms. The van der Waals surface area contributed by atoms with E-state index in [1.807, 2.05) is 60.9 Å². The molecule has 3 aromatic carbocycles. The number of hydrogen-bond donors (Lipinski definition) is 1. The van der Waals surface area contributed by atoms with Gasteiger partial charge in [-0.3, -0.25) is 10.1 Å². The minimum absolute atomic E-state index is 0.0872. The first-order chi connectivity index (χ1) is 21.0. The van der Waals surface area contributed by atoms with Crippen LogP contribution in [0.5, 0.6) is 11.5 Å². The molecule has 0 unspecified atom stereocenters. The maximum absolute atomic E-state index is 13.0. The van der Waals surface area contributed by atoms with Gasteiger partial charge >= 0.3 is 0 Å². The summed E-state index contributed by atoms with van der Waals surface area (Å²) in [6, 6.07) is 19.6. The van der Waals surface area contributed by atoms with Crippen LogP contribution >= 0.6 is 0 Å². The summed E-state index contributed by atoms with van der Waals surface area (Å²) in [6.45, 7) is 0. The predicted molar refractivity (Wildman–Crippen MR) is 170 cm³/mol. The molecule has 0 saturated carbocycles. The van der Waals surface area contributed by atoms with E-state index in [9.17, 15) is 13.2 Å². The number of carbonyl (C=O) groups is 1. The number of imidazole rings is 1. The van der Waals surface area contributed by atoms with E-state index >= 15 is 0 Å². The first-order valence-corrected chi connectivity index (χ1v) is 15.5. The van der Waals surface area contributed by atoms with Crippen LogP contribution in [0.25, 0.3) is 11.0 Å². The Balaban J connectivity index is 1.34. The van der Waals surface area contributed by atoms with Crippen LogP contribution in [0.15, 0.2) is 77.8 Å². The second-order valence-electron chi connectivity index (χ2n) is 10.1. The van der Waals surface area contributed by atoms with E-state index in [1.54, 1.807) is 61.7 Å². The van der Waals surface area contributed by atoms with Gasteiger partial charge in [-0.15, -0.1) is 0 Å². The second kappa shape index (κ2) is 12.2. The molecule has 0 bridgehead atoms. The Hall–Kier alpha value is -5.17. The van der Waals surface area contributed by atoms with Gasteiger partial charge in [0, 0.05) is 50.5 Å². The number of sulfone groups is 1. The number of amides is 1. The summed E-state index contributed by atoms with van der Waals surface area (Å²) in [7, 11) is 5.35. The topological polar surface area (TPSA) is 132 Å². The van der Waals surface area contributed by atoms with Gasteiger partial charge in [-0.2, -0.15) is 4.98 Å². The fraction of sp³-hybridized carbons (Fsp3) is 0.226. The van der Waals surface area contributed by atoms with Crippen LogP contribution in [0.1, 0.15) is 5.56 Å². The number of hydrogen-bond acceptors (Lipinski definition) is 10. The molecule has 1 amide bonds. The van der Waals surface area contributed by atoms with E-state index in [4.69, 9.17) is 14.5 Å². The minimum Gasteiger partial charge on any atom is -0.493 e. The number of nitrogens with one attached hydrogen (secondary N) is 1. The molecular weight excluding hydrogens is 582 g/mol. The van der Waals surface area contributed by atoms with Crippen molar-refractivity contribution in [1.82, 2.24) is 19.5 Å². The Morgan fingerprint density at radius 2 is 1.66 bits per heavy atom. The summed E-state index contributed by atoms with van der Waals surface area (Å²) in [5.41, 5.74) is 3.82. The van der Waals surface area contributed by atoms with Gasteiger partial charge in [0.1, 0.15) is 5.82 Å². The first-order valence-electron chi connectivity index (χ1n) is 13.6. The van der Waals surface area contributed by atoms with Crippen molar-refractivity contribution in [3.05, 3.63) is 78.5 Å². The number of nitrogens with zero attached hydrogens (tertiary/aromatic N) is 6. The highest BCUT2D eigenvalue weighted by Crippen LogP contribution is 2.32. The Kier molecular flexibility index (Phi) is 8.41. The van der Waals surface area contributed by atoms with Gasteiger partial charge in [0.2, 0.25) is 17.8 Å². The van der Waals surface area contributed by atoms with Gasteiger partial charge in [-0.05, 0) is 54.6 Å². The third kappa shape index (κ3) is 6.13. The number of fused-ring (bicyclic) bond motifs is 1. The fourth-order valence-corrected chi connectivity index (χ4v) is 5.43. The Labute approximate surface area is 255 Å². The maximum Gasteiger partial charge on any atom is 0.231 e. The van der Waals surface area contributed by atoms with Gasteiger partial charge in [-0.1, -0.05) is 12.1 Å². The molecule has 0 saturated heterocycles. The molecule has 0 spiro atoms. The zero-order valence-electron chi connectivity index (χ0n) is 25.3. The molecule has 2 heterocycles. The molecule has 0 aliphatic rings. The lowest BCUT2D eigenvalue weighted by molar-refractivity contribution is -0.115. The molecule has 5 aromatic rings. The third-order valence-electron chi connectivity index (χ3n) is 7.26. The van der Waals surface area contributed by atoms with Gasteiger partial charge in [-0.25, -0.2) is 18.4 Å². The second-order valence-corrected chi connectivity index (χ2v) is 12.2. The lowest BCUT2D eigenvalue weighted by Gasteiger charge is -2.22. The quantitative estimate of drug-likeness (QED) is 0.240. The van der Waals surface area contributed by atoms with Gasteiger partial charge < -0.3 is 23.8 Å². The van der Waals surface area contributed by atoms with Crippen molar-refractivity contribution in [2.45, 2.75) is 11.3 Å². The molecule has 0 fully saturated rings. The van der Waals surface area contributed by atoms with Crippen molar-refractivity contribution < 1.29 is 22.7 Å². The summed E-state index contributed by atoms with van der Waals surface area (Å²) in [4.78, 5) is 30.7. The molecule has 0 atom stereocenters. The SMILES string of the molecule is COc1cccc(CC(=O)Nc2nc3cc(N(C)c4ccnc(N(C)c5ccc(S(C)(=O)=O)cc5)n4)ccc3n2C)c1OC. The summed E-state index contributed by atoms with van der Waals surface area (Å²) in [5, 5.41) is 2.91. The molecule has 0 aliphatic heterocycles. The van der Waals surface area contributed by atoms with Gasteiger partial charge in [0.05, 0.1) is 36.6 Å². The van der Waals surface area contributed by atoms with Crippen LogP contribution in [-0.4, -0.2) is 68.4 Å². The van der Waals surface area contributed by atoms with Gasteiger partial charge in [0.15, 0.2) is 21.3 Å². The third-order valence-corrected chi connectivity index (χ3v) is 8.39. The van der Waals surface area contributed by atoms with Crippen molar-refractivity contribution in [3.63, 3.8) is 0 Å². The van der Waals surface area contributed by atoms with E-state index in [1.165, 1.54) is 6.26 Å². The molecule has 0 radical (unpaired) electrons. The first kappa shape index (κ1) is 30.3. The van der Waals surface area contributed by atoms with Crippen molar-refractivity contribution in [2.75, 3.05) is 49.7 Å². The van der Waals surface area contributed by atoms with E-state index in [-0.39, 0.29) is 17.2 Å². The zero-order chi connectivity index (χ0) is 31.6.